The van der Waals surface area contributed by atoms with Crippen LogP contribution in [0.25, 0.3) is 0 Å². The summed E-state index contributed by atoms with van der Waals surface area (Å²) in [6, 6.07) is 0. The first kappa shape index (κ1) is 16.5. The van der Waals surface area contributed by atoms with Crippen LogP contribution in [0.2, 0.25) is 0 Å². The molecule has 6 heteroatoms. The molecule has 1 aliphatic heterocycles. The van der Waals surface area contributed by atoms with Crippen LogP contribution in [0.4, 0.5) is 0 Å². The van der Waals surface area contributed by atoms with E-state index in [2.05, 4.69) is 12.2 Å². The maximum Gasteiger partial charge on any atom is 0.228 e. The minimum atomic E-state index is -0.392. The Labute approximate surface area is 119 Å². The van der Waals surface area contributed by atoms with Crippen LogP contribution in [0.15, 0.2) is 0 Å². The molecule has 0 radical (unpaired) electrons. The fourth-order valence-electron chi connectivity index (χ4n) is 2.57. The second-order valence-electron chi connectivity index (χ2n) is 5.93. The van der Waals surface area contributed by atoms with Crippen LogP contribution in [0.3, 0.4) is 0 Å². The molecule has 2 rings (SSSR count). The topological polar surface area (TPSA) is 115 Å². The van der Waals surface area contributed by atoms with Crippen molar-refractivity contribution in [3.05, 3.63) is 0 Å². The van der Waals surface area contributed by atoms with Gasteiger partial charge in [0.1, 0.15) is 0 Å². The summed E-state index contributed by atoms with van der Waals surface area (Å²) in [5.74, 6) is 0.367. The molecule has 3 amide bonds. The molecule has 2 fully saturated rings. The molecule has 5 N–H and O–H groups in total. The van der Waals surface area contributed by atoms with Crippen molar-refractivity contribution in [1.29, 1.82) is 0 Å². The Bertz CT molecular complexity index is 360. The van der Waals surface area contributed by atoms with Crippen LogP contribution in [0.5, 0.6) is 0 Å². The summed E-state index contributed by atoms with van der Waals surface area (Å²) in [4.78, 5) is 31.3. The van der Waals surface area contributed by atoms with Gasteiger partial charge in [0.05, 0.1) is 5.41 Å². The van der Waals surface area contributed by atoms with E-state index in [0.29, 0.717) is 12.3 Å². The average molecular weight is 283 g/mol. The molecule has 0 aromatic carbocycles. The number of carbonyl (C=O) groups excluding carboxylic acids is 3. The molecular formula is C14H25N3O3. The summed E-state index contributed by atoms with van der Waals surface area (Å²) >= 11 is 0. The fourth-order valence-corrected chi connectivity index (χ4v) is 2.57. The van der Waals surface area contributed by atoms with Crippen LogP contribution < -0.4 is 16.8 Å². The van der Waals surface area contributed by atoms with Crippen molar-refractivity contribution in [2.75, 3.05) is 6.54 Å². The molecule has 20 heavy (non-hydrogen) atoms. The van der Waals surface area contributed by atoms with Crippen LogP contribution >= 0.6 is 0 Å². The molecule has 1 aliphatic carbocycles. The third kappa shape index (κ3) is 4.83. The minimum absolute atomic E-state index is 0.0898. The van der Waals surface area contributed by atoms with Crippen molar-refractivity contribution < 1.29 is 14.4 Å². The number of β-lactam (4-membered cyclic amide) rings is 1. The number of nitrogens with two attached hydrogens (primary N) is 2. The minimum Gasteiger partial charge on any atom is -0.370 e. The summed E-state index contributed by atoms with van der Waals surface area (Å²) in [5, 5.41) is 2.84. The van der Waals surface area contributed by atoms with Gasteiger partial charge < -0.3 is 16.8 Å². The Balaban J connectivity index is 0.000000206. The van der Waals surface area contributed by atoms with Crippen LogP contribution in [0, 0.1) is 11.3 Å². The summed E-state index contributed by atoms with van der Waals surface area (Å²) < 4.78 is 0. The molecule has 1 saturated heterocycles. The largest absolute Gasteiger partial charge is 0.370 e. The molecular weight excluding hydrogens is 258 g/mol. The maximum atomic E-state index is 11.2. The van der Waals surface area contributed by atoms with Crippen molar-refractivity contribution in [1.82, 2.24) is 5.32 Å². The normalized spacial score (nSPS) is 27.9. The molecule has 0 atom stereocenters. The van der Waals surface area contributed by atoms with Gasteiger partial charge in [0.2, 0.25) is 17.7 Å². The Morgan fingerprint density at radius 1 is 1.20 bits per heavy atom. The molecule has 2 aliphatic rings. The Hall–Kier alpha value is -1.59. The van der Waals surface area contributed by atoms with E-state index in [4.69, 9.17) is 11.5 Å². The Morgan fingerprint density at radius 2 is 1.70 bits per heavy atom. The highest BCUT2D eigenvalue weighted by molar-refractivity contribution is 5.88. The summed E-state index contributed by atoms with van der Waals surface area (Å²) in [6.07, 6.45) is 5.68. The summed E-state index contributed by atoms with van der Waals surface area (Å²) in [7, 11) is 0. The van der Waals surface area contributed by atoms with E-state index in [9.17, 15) is 14.4 Å². The highest BCUT2D eigenvalue weighted by Gasteiger charge is 2.47. The lowest BCUT2D eigenvalue weighted by atomic mass is 9.67. The highest BCUT2D eigenvalue weighted by Crippen LogP contribution is 2.42. The second kappa shape index (κ2) is 7.26. The van der Waals surface area contributed by atoms with Crippen molar-refractivity contribution in [2.45, 2.75) is 51.9 Å². The van der Waals surface area contributed by atoms with Crippen LogP contribution in [-0.2, 0) is 14.4 Å². The second-order valence-corrected chi connectivity index (χ2v) is 5.93. The number of nitrogens with one attached hydrogen (secondary N) is 1. The lowest BCUT2D eigenvalue weighted by Gasteiger charge is -2.44. The van der Waals surface area contributed by atoms with Gasteiger partial charge in [-0.1, -0.05) is 6.92 Å². The standard InChI is InChI=1S/C9H15NO.C5H10N2O2/c1-7-2-4-9(5-3-7)6-10-8(9)11;6-4(8)2-1-3-5(7)9/h7H,2-6H2,1H3,(H,10,11);1-3H2,(H2,6,8)(H2,7,9). The van der Waals surface area contributed by atoms with Gasteiger partial charge in [0, 0.05) is 19.4 Å². The number of primary amides is 2. The number of rotatable bonds is 4. The lowest BCUT2D eigenvalue weighted by Crippen LogP contribution is -2.60. The average Bonchev–Trinajstić information content (AvgIpc) is 2.38. The smallest absolute Gasteiger partial charge is 0.228 e. The molecule has 0 aromatic rings. The van der Waals surface area contributed by atoms with Crippen LogP contribution in [-0.4, -0.2) is 24.3 Å². The Morgan fingerprint density at radius 3 is 2.00 bits per heavy atom. The molecule has 6 nitrogen and oxygen atoms in total. The highest BCUT2D eigenvalue weighted by atomic mass is 16.2. The third-order valence-electron chi connectivity index (χ3n) is 4.15. The Kier molecular flexibility index (Phi) is 5.98. The van der Waals surface area contributed by atoms with Gasteiger partial charge in [0.25, 0.3) is 0 Å². The van der Waals surface area contributed by atoms with Gasteiger partial charge in [-0.05, 0) is 38.0 Å². The molecule has 0 aromatic heterocycles. The van der Waals surface area contributed by atoms with Gasteiger partial charge in [0.15, 0.2) is 0 Å². The number of amides is 3. The monoisotopic (exact) mass is 283 g/mol. The van der Waals surface area contributed by atoms with Crippen LogP contribution in [0.1, 0.15) is 51.9 Å². The zero-order valence-corrected chi connectivity index (χ0v) is 12.1. The number of carbonyl (C=O) groups is 3. The predicted octanol–water partition coefficient (Wildman–Crippen LogP) is 0.440. The maximum absolute atomic E-state index is 11.2. The first-order valence-corrected chi connectivity index (χ1v) is 7.20. The molecule has 114 valence electrons. The van der Waals surface area contributed by atoms with Gasteiger partial charge in [-0.3, -0.25) is 14.4 Å². The molecule has 1 heterocycles. The fraction of sp³-hybridized carbons (Fsp3) is 0.786. The van der Waals surface area contributed by atoms with Gasteiger partial charge in [-0.15, -0.1) is 0 Å². The molecule has 1 saturated carbocycles. The lowest BCUT2D eigenvalue weighted by molar-refractivity contribution is -0.143. The zero-order chi connectivity index (χ0) is 15.2. The molecule has 0 bridgehead atoms. The van der Waals surface area contributed by atoms with Gasteiger partial charge in [-0.25, -0.2) is 0 Å². The quantitative estimate of drug-likeness (QED) is 0.650. The van der Waals surface area contributed by atoms with Crippen molar-refractivity contribution in [3.8, 4) is 0 Å². The van der Waals surface area contributed by atoms with E-state index in [1.54, 1.807) is 0 Å². The SMILES string of the molecule is CC1CCC2(CC1)CNC2=O.NC(=O)CCCC(N)=O. The number of hydrogen-bond donors (Lipinski definition) is 3. The van der Waals surface area contributed by atoms with Crippen molar-refractivity contribution in [3.63, 3.8) is 0 Å². The van der Waals surface area contributed by atoms with E-state index < -0.39 is 11.8 Å². The van der Waals surface area contributed by atoms with E-state index >= 15 is 0 Å². The molecule has 0 unspecified atom stereocenters. The molecule has 1 spiro atoms. The van der Waals surface area contributed by atoms with E-state index in [0.717, 1.165) is 25.3 Å². The summed E-state index contributed by atoms with van der Waals surface area (Å²) in [5.41, 5.74) is 9.67. The van der Waals surface area contributed by atoms with E-state index in [1.165, 1.54) is 12.8 Å². The number of hydrogen-bond acceptors (Lipinski definition) is 3. The zero-order valence-electron chi connectivity index (χ0n) is 12.1. The van der Waals surface area contributed by atoms with Gasteiger partial charge >= 0.3 is 0 Å². The third-order valence-corrected chi connectivity index (χ3v) is 4.15. The summed E-state index contributed by atoms with van der Waals surface area (Å²) in [6.45, 7) is 3.22. The van der Waals surface area contributed by atoms with E-state index in [1.807, 2.05) is 0 Å². The first-order chi connectivity index (χ1) is 9.35. The van der Waals surface area contributed by atoms with Crippen molar-refractivity contribution >= 4 is 17.7 Å². The predicted molar refractivity (Wildman–Crippen MR) is 75.3 cm³/mol. The van der Waals surface area contributed by atoms with E-state index in [-0.39, 0.29) is 18.3 Å². The van der Waals surface area contributed by atoms with Gasteiger partial charge in [-0.2, -0.15) is 0 Å². The van der Waals surface area contributed by atoms with Crippen molar-refractivity contribution in [2.24, 2.45) is 22.8 Å². The first-order valence-electron chi connectivity index (χ1n) is 7.20.